The average Bonchev–Trinajstić information content (AvgIpc) is 2.46. The zero-order valence-corrected chi connectivity index (χ0v) is 14.8. The monoisotopic (exact) mass is 341 g/mol. The van der Waals surface area contributed by atoms with Crippen LogP contribution < -0.4 is 10.6 Å². The van der Waals surface area contributed by atoms with Gasteiger partial charge in [-0.1, -0.05) is 13.8 Å². The molecule has 2 unspecified atom stereocenters. The summed E-state index contributed by atoms with van der Waals surface area (Å²) in [6.45, 7) is 5.39. The number of hydrogen-bond donors (Lipinski definition) is 2. The van der Waals surface area contributed by atoms with Gasteiger partial charge in [0.25, 0.3) is 0 Å². The molecule has 1 aromatic rings. The van der Waals surface area contributed by atoms with E-state index in [0.29, 0.717) is 34.9 Å². The van der Waals surface area contributed by atoms with E-state index in [1.54, 1.807) is 35.6 Å². The van der Waals surface area contributed by atoms with Crippen molar-refractivity contribution in [2.24, 2.45) is 11.8 Å². The summed E-state index contributed by atoms with van der Waals surface area (Å²) >= 11 is 5.02. The summed E-state index contributed by atoms with van der Waals surface area (Å²) in [5, 5.41) is 6.28. The van der Waals surface area contributed by atoms with Crippen molar-refractivity contribution in [1.29, 1.82) is 0 Å². The highest BCUT2D eigenvalue weighted by Crippen LogP contribution is 2.27. The summed E-state index contributed by atoms with van der Waals surface area (Å²) in [4.78, 5) is 0.328. The predicted molar refractivity (Wildman–Crippen MR) is 93.4 cm³/mol. The van der Waals surface area contributed by atoms with E-state index in [1.807, 2.05) is 0 Å². The van der Waals surface area contributed by atoms with Gasteiger partial charge < -0.3 is 10.6 Å². The fourth-order valence-electron chi connectivity index (χ4n) is 2.85. The quantitative estimate of drug-likeness (QED) is 0.826. The van der Waals surface area contributed by atoms with Crippen LogP contribution in [0.1, 0.15) is 20.3 Å². The Bertz CT molecular complexity index is 619. The van der Waals surface area contributed by atoms with E-state index in [0.717, 1.165) is 12.1 Å². The molecule has 1 heterocycles. The van der Waals surface area contributed by atoms with Gasteiger partial charge in [0, 0.05) is 25.8 Å². The van der Waals surface area contributed by atoms with Crippen molar-refractivity contribution in [3.63, 3.8) is 0 Å². The minimum atomic E-state index is -3.42. The second kappa shape index (κ2) is 6.93. The lowest BCUT2D eigenvalue weighted by atomic mass is 9.94. The molecule has 1 aliphatic rings. The van der Waals surface area contributed by atoms with Gasteiger partial charge in [-0.25, -0.2) is 8.42 Å². The first-order chi connectivity index (χ1) is 10.3. The van der Waals surface area contributed by atoms with Crippen LogP contribution >= 0.6 is 12.2 Å². The number of nitrogens with zero attached hydrogens (tertiary/aromatic N) is 1. The molecule has 1 fully saturated rings. The molecule has 122 valence electrons. The number of sulfonamides is 1. The van der Waals surface area contributed by atoms with Crippen molar-refractivity contribution in [3.05, 3.63) is 24.3 Å². The second-order valence-corrected chi connectivity index (χ2v) is 8.34. The number of benzene rings is 1. The maximum absolute atomic E-state index is 12.7. The summed E-state index contributed by atoms with van der Waals surface area (Å²) in [5.41, 5.74) is 0.763. The van der Waals surface area contributed by atoms with Crippen LogP contribution in [-0.2, 0) is 10.0 Å². The Balaban J connectivity index is 2.17. The Morgan fingerprint density at radius 2 is 1.73 bits per heavy atom. The summed E-state index contributed by atoms with van der Waals surface area (Å²) in [6.07, 6.45) is 1.08. The maximum atomic E-state index is 12.7. The first-order valence-corrected chi connectivity index (χ1v) is 9.26. The van der Waals surface area contributed by atoms with E-state index >= 15 is 0 Å². The van der Waals surface area contributed by atoms with Crippen LogP contribution in [0.3, 0.4) is 0 Å². The predicted octanol–water partition coefficient (Wildman–Crippen LogP) is 2.27. The number of nitrogens with one attached hydrogen (secondary N) is 2. The summed E-state index contributed by atoms with van der Waals surface area (Å²) in [5.74, 6) is 0.792. The molecule has 0 amide bonds. The fourth-order valence-corrected chi connectivity index (χ4v) is 4.65. The van der Waals surface area contributed by atoms with E-state index < -0.39 is 10.0 Å². The van der Waals surface area contributed by atoms with Gasteiger partial charge in [0.1, 0.15) is 0 Å². The Kier molecular flexibility index (Phi) is 5.41. The molecule has 0 saturated carbocycles. The van der Waals surface area contributed by atoms with E-state index in [4.69, 9.17) is 12.2 Å². The minimum absolute atomic E-state index is 0.328. The van der Waals surface area contributed by atoms with E-state index in [2.05, 4.69) is 24.5 Å². The van der Waals surface area contributed by atoms with Gasteiger partial charge in [0.15, 0.2) is 5.11 Å². The molecule has 0 bridgehead atoms. The summed E-state index contributed by atoms with van der Waals surface area (Å²) in [7, 11) is -1.69. The molecule has 7 heteroatoms. The van der Waals surface area contributed by atoms with Crippen LogP contribution in [-0.4, -0.2) is 38.0 Å². The highest BCUT2D eigenvalue weighted by molar-refractivity contribution is 7.89. The first kappa shape index (κ1) is 17.2. The summed E-state index contributed by atoms with van der Waals surface area (Å²) in [6, 6.07) is 6.71. The number of piperidine rings is 1. The second-order valence-electron chi connectivity index (χ2n) is 6.00. The highest BCUT2D eigenvalue weighted by atomic mass is 32.2. The van der Waals surface area contributed by atoms with E-state index in [-0.39, 0.29) is 0 Å². The van der Waals surface area contributed by atoms with Gasteiger partial charge >= 0.3 is 0 Å². The van der Waals surface area contributed by atoms with Crippen molar-refractivity contribution in [1.82, 2.24) is 9.62 Å². The molecule has 0 aromatic heterocycles. The van der Waals surface area contributed by atoms with Crippen molar-refractivity contribution < 1.29 is 8.42 Å². The maximum Gasteiger partial charge on any atom is 0.243 e. The molecule has 1 aromatic carbocycles. The molecule has 1 aliphatic heterocycles. The molecule has 5 nitrogen and oxygen atoms in total. The van der Waals surface area contributed by atoms with E-state index in [9.17, 15) is 8.42 Å². The molecule has 0 spiro atoms. The fraction of sp³-hybridized carbons (Fsp3) is 0.533. The third kappa shape index (κ3) is 3.97. The molecule has 2 N–H and O–H groups in total. The van der Waals surface area contributed by atoms with Crippen molar-refractivity contribution in [2.75, 3.05) is 25.5 Å². The van der Waals surface area contributed by atoms with Gasteiger partial charge in [-0.15, -0.1) is 0 Å². The standard InChI is InChI=1S/C15H23N3O2S2/c1-11-8-12(2)10-18(9-11)22(19,20)14-6-4-13(5-7-14)17-15(21)16-3/h4-7,11-12H,8-10H2,1-3H3,(H2,16,17,21). The van der Waals surface area contributed by atoms with Gasteiger partial charge in [0.05, 0.1) is 4.90 Å². The lowest BCUT2D eigenvalue weighted by molar-refractivity contribution is 0.222. The normalized spacial score (nSPS) is 23.0. The van der Waals surface area contributed by atoms with Gasteiger partial charge in [-0.3, -0.25) is 0 Å². The van der Waals surface area contributed by atoms with Crippen molar-refractivity contribution >= 4 is 33.0 Å². The summed E-state index contributed by atoms with van der Waals surface area (Å²) < 4.78 is 27.1. The van der Waals surface area contributed by atoms with Crippen LogP contribution in [0.4, 0.5) is 5.69 Å². The first-order valence-electron chi connectivity index (χ1n) is 7.42. The Labute approximate surface area is 138 Å². The lowest BCUT2D eigenvalue weighted by Crippen LogP contribution is -2.42. The zero-order valence-electron chi connectivity index (χ0n) is 13.2. The molecular formula is C15H23N3O2S2. The van der Waals surface area contributed by atoms with Crippen molar-refractivity contribution in [2.45, 2.75) is 25.2 Å². The lowest BCUT2D eigenvalue weighted by Gasteiger charge is -2.34. The molecular weight excluding hydrogens is 318 g/mol. The Morgan fingerprint density at radius 1 is 1.18 bits per heavy atom. The zero-order chi connectivity index (χ0) is 16.3. The Morgan fingerprint density at radius 3 is 2.23 bits per heavy atom. The molecule has 0 aliphatic carbocycles. The number of hydrogen-bond acceptors (Lipinski definition) is 3. The van der Waals surface area contributed by atoms with Crippen LogP contribution in [0.2, 0.25) is 0 Å². The highest BCUT2D eigenvalue weighted by Gasteiger charge is 2.31. The van der Waals surface area contributed by atoms with E-state index in [1.165, 1.54) is 0 Å². The molecule has 2 rings (SSSR count). The van der Waals surface area contributed by atoms with Gasteiger partial charge in [-0.05, 0) is 54.7 Å². The average molecular weight is 342 g/mol. The number of thiocarbonyl (C=S) groups is 1. The van der Waals surface area contributed by atoms with Crippen LogP contribution in [0.5, 0.6) is 0 Å². The minimum Gasteiger partial charge on any atom is -0.366 e. The van der Waals surface area contributed by atoms with Crippen molar-refractivity contribution in [3.8, 4) is 0 Å². The van der Waals surface area contributed by atoms with Gasteiger partial charge in [-0.2, -0.15) is 4.31 Å². The smallest absolute Gasteiger partial charge is 0.243 e. The topological polar surface area (TPSA) is 61.4 Å². The SMILES string of the molecule is CNC(=S)Nc1ccc(S(=O)(=O)N2CC(C)CC(C)C2)cc1. The third-order valence-electron chi connectivity index (χ3n) is 3.81. The largest absolute Gasteiger partial charge is 0.366 e. The van der Waals surface area contributed by atoms with Crippen LogP contribution in [0.15, 0.2) is 29.2 Å². The molecule has 1 saturated heterocycles. The van der Waals surface area contributed by atoms with Gasteiger partial charge in [0.2, 0.25) is 10.0 Å². The third-order valence-corrected chi connectivity index (χ3v) is 5.96. The molecule has 22 heavy (non-hydrogen) atoms. The Hall–Kier alpha value is -1.18. The van der Waals surface area contributed by atoms with Crippen LogP contribution in [0.25, 0.3) is 0 Å². The number of anilines is 1. The molecule has 0 radical (unpaired) electrons. The number of rotatable bonds is 3. The molecule has 2 atom stereocenters. The van der Waals surface area contributed by atoms with Crippen LogP contribution in [0, 0.1) is 11.8 Å².